The van der Waals surface area contributed by atoms with Crippen LogP contribution in [0.4, 0.5) is 0 Å². The van der Waals surface area contributed by atoms with Gasteiger partial charge in [0.25, 0.3) is 0 Å². The second kappa shape index (κ2) is 5.82. The minimum atomic E-state index is -0.415. The van der Waals surface area contributed by atoms with E-state index in [4.69, 9.17) is 9.94 Å². The first-order valence-electron chi connectivity index (χ1n) is 5.75. The lowest BCUT2D eigenvalue weighted by atomic mass is 10.1. The minimum Gasteiger partial charge on any atom is -0.423 e. The summed E-state index contributed by atoms with van der Waals surface area (Å²) >= 11 is 0. The van der Waals surface area contributed by atoms with E-state index in [1.54, 1.807) is 42.5 Å². The molecule has 4 nitrogen and oxygen atoms in total. The Morgan fingerprint density at radius 3 is 2.74 bits per heavy atom. The lowest BCUT2D eigenvalue weighted by Crippen LogP contribution is -2.08. The molecule has 2 aromatic carbocycles. The van der Waals surface area contributed by atoms with Gasteiger partial charge in [-0.2, -0.15) is 0 Å². The summed E-state index contributed by atoms with van der Waals surface area (Å²) in [5.74, 6) is -0.00862. The molecule has 0 aromatic heterocycles. The maximum Gasteiger partial charge on any atom is 0.343 e. The van der Waals surface area contributed by atoms with E-state index in [0.717, 1.165) is 5.56 Å². The predicted octanol–water partition coefficient (Wildman–Crippen LogP) is 3.02. The Morgan fingerprint density at radius 1 is 1.21 bits per heavy atom. The van der Waals surface area contributed by atoms with Gasteiger partial charge in [0.2, 0.25) is 0 Å². The van der Waals surface area contributed by atoms with Crippen LogP contribution in [0.2, 0.25) is 0 Å². The molecule has 19 heavy (non-hydrogen) atoms. The normalized spacial score (nSPS) is 10.6. The van der Waals surface area contributed by atoms with Crippen molar-refractivity contribution >= 4 is 12.2 Å². The minimum absolute atomic E-state index is 0.406. The Kier molecular flexibility index (Phi) is 3.93. The van der Waals surface area contributed by atoms with E-state index >= 15 is 0 Å². The van der Waals surface area contributed by atoms with E-state index in [1.165, 1.54) is 6.21 Å². The lowest BCUT2D eigenvalue weighted by molar-refractivity contribution is 0.0734. The Bertz CT molecular complexity index is 620. The highest BCUT2D eigenvalue weighted by Gasteiger charge is 2.08. The van der Waals surface area contributed by atoms with Crippen LogP contribution in [0.25, 0.3) is 0 Å². The van der Waals surface area contributed by atoms with Crippen molar-refractivity contribution in [2.24, 2.45) is 5.16 Å². The molecule has 0 amide bonds. The van der Waals surface area contributed by atoms with Crippen LogP contribution in [-0.2, 0) is 0 Å². The number of esters is 1. The van der Waals surface area contributed by atoms with Crippen LogP contribution in [0.5, 0.6) is 5.75 Å². The molecule has 0 aliphatic rings. The van der Waals surface area contributed by atoms with Crippen molar-refractivity contribution in [3.63, 3.8) is 0 Å². The summed E-state index contributed by atoms with van der Waals surface area (Å²) in [6.07, 6.45) is 1.27. The SMILES string of the molecule is Cc1cccc(C(=O)Oc2cccc(/C=N/O)c2)c1. The molecular weight excluding hydrogens is 242 g/mol. The van der Waals surface area contributed by atoms with Gasteiger partial charge in [-0.1, -0.05) is 35.0 Å². The van der Waals surface area contributed by atoms with Crippen LogP contribution in [0.15, 0.2) is 53.7 Å². The van der Waals surface area contributed by atoms with Crippen molar-refractivity contribution in [1.82, 2.24) is 0 Å². The standard InChI is InChI=1S/C15H13NO3/c1-11-4-2-6-13(8-11)15(17)19-14-7-3-5-12(9-14)10-16-18/h2-10,18H,1H3/b16-10+. The summed E-state index contributed by atoms with van der Waals surface area (Å²) in [6, 6.07) is 13.9. The Hall–Kier alpha value is -2.62. The molecule has 0 fully saturated rings. The zero-order chi connectivity index (χ0) is 13.7. The summed E-state index contributed by atoms with van der Waals surface area (Å²) in [6.45, 7) is 1.91. The van der Waals surface area contributed by atoms with E-state index in [2.05, 4.69) is 5.16 Å². The number of carbonyl (C=O) groups excluding carboxylic acids is 1. The number of oxime groups is 1. The lowest BCUT2D eigenvalue weighted by Gasteiger charge is -2.05. The Morgan fingerprint density at radius 2 is 2.00 bits per heavy atom. The first-order valence-corrected chi connectivity index (χ1v) is 5.75. The third kappa shape index (κ3) is 3.42. The summed E-state index contributed by atoms with van der Waals surface area (Å²) in [4.78, 5) is 11.9. The molecule has 0 heterocycles. The van der Waals surface area contributed by atoms with Crippen LogP contribution in [0.1, 0.15) is 21.5 Å². The molecule has 0 spiro atoms. The van der Waals surface area contributed by atoms with Gasteiger partial charge < -0.3 is 9.94 Å². The van der Waals surface area contributed by atoms with Crippen molar-refractivity contribution in [2.75, 3.05) is 0 Å². The second-order valence-electron chi connectivity index (χ2n) is 4.08. The fourth-order valence-electron chi connectivity index (χ4n) is 1.66. The molecule has 0 aliphatic carbocycles. The van der Waals surface area contributed by atoms with Gasteiger partial charge in [-0.05, 0) is 36.8 Å². The van der Waals surface area contributed by atoms with Crippen LogP contribution in [-0.4, -0.2) is 17.4 Å². The van der Waals surface area contributed by atoms with Gasteiger partial charge in [0.05, 0.1) is 11.8 Å². The van der Waals surface area contributed by atoms with Gasteiger partial charge in [-0.3, -0.25) is 0 Å². The number of hydrogen-bond acceptors (Lipinski definition) is 4. The van der Waals surface area contributed by atoms with Gasteiger partial charge >= 0.3 is 5.97 Å². The number of hydrogen-bond donors (Lipinski definition) is 1. The van der Waals surface area contributed by atoms with Crippen LogP contribution in [0, 0.1) is 6.92 Å². The zero-order valence-electron chi connectivity index (χ0n) is 10.4. The number of aryl methyl sites for hydroxylation is 1. The number of nitrogens with zero attached hydrogens (tertiary/aromatic N) is 1. The molecule has 96 valence electrons. The summed E-state index contributed by atoms with van der Waals surface area (Å²) in [7, 11) is 0. The van der Waals surface area contributed by atoms with Crippen LogP contribution < -0.4 is 4.74 Å². The highest BCUT2D eigenvalue weighted by atomic mass is 16.5. The smallest absolute Gasteiger partial charge is 0.343 e. The average molecular weight is 255 g/mol. The molecule has 2 aromatic rings. The number of ether oxygens (including phenoxy) is 1. The highest BCUT2D eigenvalue weighted by molar-refractivity contribution is 5.91. The van der Waals surface area contributed by atoms with E-state index in [9.17, 15) is 4.79 Å². The summed E-state index contributed by atoms with van der Waals surface area (Å²) < 4.78 is 5.26. The first-order chi connectivity index (χ1) is 9.19. The average Bonchev–Trinajstić information content (AvgIpc) is 2.39. The van der Waals surface area contributed by atoms with Crippen LogP contribution in [0.3, 0.4) is 0 Å². The summed E-state index contributed by atoms with van der Waals surface area (Å²) in [5.41, 5.74) is 2.15. The molecule has 1 N–H and O–H groups in total. The van der Waals surface area contributed by atoms with E-state index in [-0.39, 0.29) is 0 Å². The molecule has 0 saturated heterocycles. The van der Waals surface area contributed by atoms with E-state index in [0.29, 0.717) is 16.9 Å². The molecule has 2 rings (SSSR count). The second-order valence-corrected chi connectivity index (χ2v) is 4.08. The fraction of sp³-hybridized carbons (Fsp3) is 0.0667. The van der Waals surface area contributed by atoms with Crippen molar-refractivity contribution in [3.05, 3.63) is 65.2 Å². The molecule has 0 atom stereocenters. The Balaban J connectivity index is 2.17. The van der Waals surface area contributed by atoms with Crippen molar-refractivity contribution < 1.29 is 14.7 Å². The van der Waals surface area contributed by atoms with Crippen molar-refractivity contribution in [1.29, 1.82) is 0 Å². The van der Waals surface area contributed by atoms with Crippen LogP contribution >= 0.6 is 0 Å². The van der Waals surface area contributed by atoms with Gasteiger partial charge in [0.1, 0.15) is 5.75 Å². The monoisotopic (exact) mass is 255 g/mol. The van der Waals surface area contributed by atoms with Crippen molar-refractivity contribution in [3.8, 4) is 5.75 Å². The maximum absolute atomic E-state index is 11.9. The molecule has 0 aliphatic heterocycles. The van der Waals surface area contributed by atoms with Crippen molar-refractivity contribution in [2.45, 2.75) is 6.92 Å². The quantitative estimate of drug-likeness (QED) is 0.301. The summed E-state index contributed by atoms with van der Waals surface area (Å²) in [5, 5.41) is 11.4. The van der Waals surface area contributed by atoms with E-state index in [1.807, 2.05) is 13.0 Å². The van der Waals surface area contributed by atoms with E-state index < -0.39 is 5.97 Å². The maximum atomic E-state index is 11.9. The number of carbonyl (C=O) groups is 1. The largest absolute Gasteiger partial charge is 0.423 e. The van der Waals surface area contributed by atoms with Gasteiger partial charge in [-0.15, -0.1) is 0 Å². The highest BCUT2D eigenvalue weighted by Crippen LogP contribution is 2.15. The molecule has 0 bridgehead atoms. The number of benzene rings is 2. The Labute approximate surface area is 111 Å². The molecule has 0 saturated carbocycles. The first kappa shape index (κ1) is 12.8. The number of rotatable bonds is 3. The topological polar surface area (TPSA) is 58.9 Å². The molecule has 0 unspecified atom stereocenters. The fourth-order valence-corrected chi connectivity index (χ4v) is 1.66. The third-order valence-corrected chi connectivity index (χ3v) is 2.53. The third-order valence-electron chi connectivity index (χ3n) is 2.53. The van der Waals surface area contributed by atoms with Gasteiger partial charge in [-0.25, -0.2) is 4.79 Å². The van der Waals surface area contributed by atoms with Gasteiger partial charge in [0, 0.05) is 0 Å². The molecule has 4 heteroatoms. The molecular formula is C15H13NO3. The van der Waals surface area contributed by atoms with Gasteiger partial charge in [0.15, 0.2) is 0 Å². The predicted molar refractivity (Wildman–Crippen MR) is 72.0 cm³/mol. The molecule has 0 radical (unpaired) electrons. The zero-order valence-corrected chi connectivity index (χ0v) is 10.4.